The van der Waals surface area contributed by atoms with Crippen molar-refractivity contribution in [3.63, 3.8) is 0 Å². The highest BCUT2D eigenvalue weighted by atomic mass is 79.9. The van der Waals surface area contributed by atoms with Crippen molar-refractivity contribution in [1.29, 1.82) is 0 Å². The number of hydrogen-bond donors (Lipinski definition) is 1. The molecule has 7 nitrogen and oxygen atoms in total. The summed E-state index contributed by atoms with van der Waals surface area (Å²) in [6, 6.07) is 2.71. The molecule has 1 N–H and O–H groups in total. The van der Waals surface area contributed by atoms with Gasteiger partial charge in [0, 0.05) is 17.6 Å². The van der Waals surface area contributed by atoms with Gasteiger partial charge in [0.1, 0.15) is 0 Å². The Morgan fingerprint density at radius 1 is 1.35 bits per heavy atom. The average molecular weight is 365 g/mol. The minimum absolute atomic E-state index is 0.312. The lowest BCUT2D eigenvalue weighted by Gasteiger charge is -2.22. The molecular formula is C11H13BrN2O5S. The lowest BCUT2D eigenvalue weighted by atomic mass is 10.1. The highest BCUT2D eigenvalue weighted by Crippen LogP contribution is 2.14. The fourth-order valence-electron chi connectivity index (χ4n) is 1.22. The van der Waals surface area contributed by atoms with Crippen molar-refractivity contribution in [2.45, 2.75) is 31.4 Å². The van der Waals surface area contributed by atoms with Crippen LogP contribution >= 0.6 is 15.9 Å². The number of rotatable bonds is 4. The first-order valence-electron chi connectivity index (χ1n) is 5.43. The molecule has 0 bridgehead atoms. The molecular weight excluding hydrogens is 352 g/mol. The third-order valence-corrected chi connectivity index (χ3v) is 3.86. The van der Waals surface area contributed by atoms with Gasteiger partial charge in [-0.25, -0.2) is 9.71 Å². The first kappa shape index (κ1) is 16.6. The van der Waals surface area contributed by atoms with Crippen molar-refractivity contribution in [2.75, 3.05) is 0 Å². The molecule has 9 heteroatoms. The van der Waals surface area contributed by atoms with Crippen molar-refractivity contribution in [3.05, 3.63) is 22.8 Å². The zero-order valence-electron chi connectivity index (χ0n) is 11.0. The topological polar surface area (TPSA) is 102 Å². The maximum Gasteiger partial charge on any atom is 0.303 e. The minimum atomic E-state index is -4.12. The van der Waals surface area contributed by atoms with Crippen molar-refractivity contribution in [2.24, 2.45) is 0 Å². The summed E-state index contributed by atoms with van der Waals surface area (Å²) in [7, 11) is -4.12. The number of aromatic nitrogens is 1. The van der Waals surface area contributed by atoms with Gasteiger partial charge < -0.3 is 4.74 Å². The van der Waals surface area contributed by atoms with E-state index in [-0.39, 0.29) is 5.03 Å². The Morgan fingerprint density at radius 3 is 2.40 bits per heavy atom. The van der Waals surface area contributed by atoms with Gasteiger partial charge in [-0.15, -0.1) is 0 Å². The highest BCUT2D eigenvalue weighted by Gasteiger charge is 2.34. The summed E-state index contributed by atoms with van der Waals surface area (Å²) in [5.41, 5.74) is -1.60. The van der Waals surface area contributed by atoms with E-state index in [4.69, 9.17) is 4.74 Å². The summed E-state index contributed by atoms with van der Waals surface area (Å²) in [6.45, 7) is 3.70. The van der Waals surface area contributed by atoms with E-state index >= 15 is 0 Å². The third kappa shape index (κ3) is 4.27. The molecule has 0 spiro atoms. The summed E-state index contributed by atoms with van der Waals surface area (Å²) < 4.78 is 31.0. The van der Waals surface area contributed by atoms with E-state index in [1.165, 1.54) is 32.2 Å². The van der Waals surface area contributed by atoms with E-state index in [0.717, 1.165) is 6.92 Å². The van der Waals surface area contributed by atoms with Gasteiger partial charge in [-0.3, -0.25) is 9.59 Å². The number of esters is 1. The van der Waals surface area contributed by atoms with Crippen LogP contribution in [0.5, 0.6) is 0 Å². The number of carbonyl (C=O) groups excluding carboxylic acids is 2. The van der Waals surface area contributed by atoms with Crippen LogP contribution in [0.1, 0.15) is 20.8 Å². The first-order valence-corrected chi connectivity index (χ1v) is 7.70. The van der Waals surface area contributed by atoms with Gasteiger partial charge in [0.05, 0.1) is 0 Å². The maximum absolute atomic E-state index is 11.9. The third-order valence-electron chi connectivity index (χ3n) is 2.15. The predicted octanol–water partition coefficient (Wildman–Crippen LogP) is 0.991. The normalized spacial score (nSPS) is 11.8. The molecule has 0 radical (unpaired) electrons. The second-order valence-electron chi connectivity index (χ2n) is 4.35. The van der Waals surface area contributed by atoms with Gasteiger partial charge in [0.2, 0.25) is 0 Å². The Balaban J connectivity index is 2.94. The molecule has 0 saturated carbocycles. The van der Waals surface area contributed by atoms with Crippen LogP contribution in [0.15, 0.2) is 27.8 Å². The van der Waals surface area contributed by atoms with Crippen LogP contribution in [0.25, 0.3) is 0 Å². The number of pyridine rings is 1. The van der Waals surface area contributed by atoms with Gasteiger partial charge in [-0.2, -0.15) is 8.42 Å². The Kier molecular flexibility index (Phi) is 4.87. The number of ether oxygens (including phenoxy) is 1. The lowest BCUT2D eigenvalue weighted by Crippen LogP contribution is -2.47. The zero-order valence-corrected chi connectivity index (χ0v) is 13.4. The molecule has 1 heterocycles. The first-order chi connectivity index (χ1) is 9.04. The van der Waals surface area contributed by atoms with E-state index in [1.54, 1.807) is 0 Å². The molecule has 0 atom stereocenters. The molecule has 110 valence electrons. The quantitative estimate of drug-likeness (QED) is 0.799. The van der Waals surface area contributed by atoms with Crippen LogP contribution in [-0.2, 0) is 24.3 Å². The molecule has 0 fully saturated rings. The second kappa shape index (κ2) is 5.88. The van der Waals surface area contributed by atoms with E-state index < -0.39 is 27.5 Å². The molecule has 1 rings (SSSR count). The van der Waals surface area contributed by atoms with Crippen molar-refractivity contribution in [1.82, 2.24) is 9.71 Å². The molecule has 20 heavy (non-hydrogen) atoms. The predicted molar refractivity (Wildman–Crippen MR) is 73.1 cm³/mol. The fourth-order valence-corrected chi connectivity index (χ4v) is 2.49. The number of halogens is 1. The van der Waals surface area contributed by atoms with Gasteiger partial charge in [0.15, 0.2) is 10.6 Å². The van der Waals surface area contributed by atoms with Gasteiger partial charge >= 0.3 is 5.97 Å². The molecule has 1 amide bonds. The molecule has 1 aromatic heterocycles. The highest BCUT2D eigenvalue weighted by molar-refractivity contribution is 9.10. The van der Waals surface area contributed by atoms with Crippen LogP contribution in [-0.4, -0.2) is 30.9 Å². The summed E-state index contributed by atoms with van der Waals surface area (Å²) in [4.78, 5) is 26.4. The average Bonchev–Trinajstić information content (AvgIpc) is 2.27. The van der Waals surface area contributed by atoms with Crippen LogP contribution in [0.4, 0.5) is 0 Å². The van der Waals surface area contributed by atoms with Crippen LogP contribution in [0.2, 0.25) is 0 Å². The molecule has 0 saturated heterocycles. The van der Waals surface area contributed by atoms with Crippen LogP contribution in [0, 0.1) is 0 Å². The Bertz CT molecular complexity index is 625. The van der Waals surface area contributed by atoms with Gasteiger partial charge in [0.25, 0.3) is 15.9 Å². The van der Waals surface area contributed by atoms with E-state index in [9.17, 15) is 18.0 Å². The monoisotopic (exact) mass is 364 g/mol. The standard InChI is InChI=1S/C11H13BrN2O5S/c1-7(15)19-11(2,3)10(16)14-20(17,18)9-5-4-8(12)6-13-9/h4-6H,1-3H3,(H,14,16). The van der Waals surface area contributed by atoms with E-state index in [0.29, 0.717) is 4.47 Å². The second-order valence-corrected chi connectivity index (χ2v) is 6.90. The Labute approximate surface area is 124 Å². The van der Waals surface area contributed by atoms with Crippen molar-refractivity contribution < 1.29 is 22.7 Å². The minimum Gasteiger partial charge on any atom is -0.450 e. The van der Waals surface area contributed by atoms with Gasteiger partial charge in [-0.1, -0.05) is 0 Å². The maximum atomic E-state index is 11.9. The largest absolute Gasteiger partial charge is 0.450 e. The number of amides is 1. The Hall–Kier alpha value is -1.48. The van der Waals surface area contributed by atoms with E-state index in [2.05, 4.69) is 20.9 Å². The zero-order chi connectivity index (χ0) is 15.6. The van der Waals surface area contributed by atoms with Crippen LogP contribution < -0.4 is 4.72 Å². The van der Waals surface area contributed by atoms with Crippen molar-refractivity contribution >= 4 is 37.8 Å². The Morgan fingerprint density at radius 2 is 1.95 bits per heavy atom. The summed E-state index contributed by atoms with van der Waals surface area (Å²) in [5, 5.41) is -0.312. The summed E-state index contributed by atoms with van der Waals surface area (Å²) in [5.74, 6) is -1.65. The SMILES string of the molecule is CC(=O)OC(C)(C)C(=O)NS(=O)(=O)c1ccc(Br)cn1. The smallest absolute Gasteiger partial charge is 0.303 e. The summed E-state index contributed by atoms with van der Waals surface area (Å²) in [6.07, 6.45) is 1.29. The van der Waals surface area contributed by atoms with Crippen LogP contribution in [0.3, 0.4) is 0 Å². The number of carbonyl (C=O) groups is 2. The number of sulfonamides is 1. The van der Waals surface area contributed by atoms with Gasteiger partial charge in [-0.05, 0) is 41.9 Å². The van der Waals surface area contributed by atoms with E-state index in [1.807, 2.05) is 4.72 Å². The summed E-state index contributed by atoms with van der Waals surface area (Å²) >= 11 is 3.12. The number of nitrogens with one attached hydrogen (secondary N) is 1. The molecule has 0 unspecified atom stereocenters. The number of hydrogen-bond acceptors (Lipinski definition) is 6. The molecule has 1 aromatic rings. The molecule has 0 aliphatic heterocycles. The molecule has 0 aromatic carbocycles. The molecule has 0 aliphatic carbocycles. The van der Waals surface area contributed by atoms with Crippen molar-refractivity contribution in [3.8, 4) is 0 Å². The fraction of sp³-hybridized carbons (Fsp3) is 0.364. The lowest BCUT2D eigenvalue weighted by molar-refractivity contribution is -0.162. The molecule has 0 aliphatic rings. The number of nitrogens with zero attached hydrogens (tertiary/aromatic N) is 1.